The van der Waals surface area contributed by atoms with E-state index in [1.165, 1.54) is 6.08 Å². The van der Waals surface area contributed by atoms with Gasteiger partial charge in [0.2, 0.25) is 6.08 Å². The molecule has 0 rings (SSSR count). The molecule has 0 atom stereocenters. The van der Waals surface area contributed by atoms with Gasteiger partial charge in [-0.15, -0.1) is 0 Å². The normalized spacial score (nSPS) is 8.45. The zero-order valence-corrected chi connectivity index (χ0v) is 6.50. The monoisotopic (exact) mass is 157 g/mol. The van der Waals surface area contributed by atoms with Gasteiger partial charge in [0.1, 0.15) is 0 Å². The average Bonchev–Trinajstić information content (AvgIpc) is 2.04. The molecule has 0 radical (unpaired) electrons. The molecule has 0 aromatic rings. The Labute approximate surface area is 65.3 Å². The minimum absolute atomic E-state index is 0.222. The standard InChI is InChI=1S/C7H11NO3/c1-2-7(10)11-5-3-4-8-6-9/h2-5H2,1H3. The predicted molar refractivity (Wildman–Crippen MR) is 38.9 cm³/mol. The number of esters is 1. The van der Waals surface area contributed by atoms with Gasteiger partial charge in [-0.3, -0.25) is 4.79 Å². The van der Waals surface area contributed by atoms with Gasteiger partial charge in [0.25, 0.3) is 0 Å². The minimum Gasteiger partial charge on any atom is -0.466 e. The maximum absolute atomic E-state index is 10.5. The number of aliphatic imine (C=N–C) groups is 1. The van der Waals surface area contributed by atoms with Crippen LogP contribution in [0.4, 0.5) is 0 Å². The van der Waals surface area contributed by atoms with Gasteiger partial charge >= 0.3 is 5.97 Å². The number of carbonyl (C=O) groups is 1. The number of carbonyl (C=O) groups excluding carboxylic acids is 2. The molecule has 0 fully saturated rings. The van der Waals surface area contributed by atoms with Crippen molar-refractivity contribution in [3.05, 3.63) is 0 Å². The van der Waals surface area contributed by atoms with Crippen molar-refractivity contribution in [2.24, 2.45) is 4.99 Å². The summed E-state index contributed by atoms with van der Waals surface area (Å²) in [5.41, 5.74) is 0. The fourth-order valence-corrected chi connectivity index (χ4v) is 0.477. The summed E-state index contributed by atoms with van der Waals surface area (Å²) in [6.45, 7) is 2.43. The molecule has 0 spiro atoms. The van der Waals surface area contributed by atoms with Gasteiger partial charge in [-0.05, 0) is 0 Å². The summed E-state index contributed by atoms with van der Waals surface area (Å²) in [4.78, 5) is 23.4. The molecule has 62 valence electrons. The summed E-state index contributed by atoms with van der Waals surface area (Å²) in [6.07, 6.45) is 2.37. The average molecular weight is 157 g/mol. The first-order valence-corrected chi connectivity index (χ1v) is 3.50. The lowest BCUT2D eigenvalue weighted by Crippen LogP contribution is -2.04. The molecule has 4 heteroatoms. The third-order valence-electron chi connectivity index (χ3n) is 1.03. The summed E-state index contributed by atoms with van der Waals surface area (Å²) >= 11 is 0. The van der Waals surface area contributed by atoms with Crippen LogP contribution in [-0.4, -0.2) is 25.2 Å². The Morgan fingerprint density at radius 2 is 2.36 bits per heavy atom. The van der Waals surface area contributed by atoms with Crippen molar-refractivity contribution >= 4 is 12.0 Å². The Balaban J connectivity index is 3.14. The molecular weight excluding hydrogens is 146 g/mol. The Morgan fingerprint density at radius 3 is 2.91 bits per heavy atom. The second kappa shape index (κ2) is 6.96. The lowest BCUT2D eigenvalue weighted by molar-refractivity contribution is -0.143. The Morgan fingerprint density at radius 1 is 1.64 bits per heavy atom. The van der Waals surface area contributed by atoms with Crippen LogP contribution in [0.5, 0.6) is 0 Å². The molecule has 11 heavy (non-hydrogen) atoms. The molecule has 0 aliphatic heterocycles. The molecule has 0 aromatic carbocycles. The van der Waals surface area contributed by atoms with E-state index in [2.05, 4.69) is 4.99 Å². The van der Waals surface area contributed by atoms with Crippen molar-refractivity contribution < 1.29 is 14.3 Å². The first-order chi connectivity index (χ1) is 5.31. The minimum atomic E-state index is -0.222. The van der Waals surface area contributed by atoms with Crippen LogP contribution in [0.3, 0.4) is 0 Å². The molecule has 0 amide bonds. The lowest BCUT2D eigenvalue weighted by Gasteiger charge is -1.99. The Hall–Kier alpha value is -1.15. The van der Waals surface area contributed by atoms with Crippen molar-refractivity contribution in [3.63, 3.8) is 0 Å². The number of nitrogens with zero attached hydrogens (tertiary/aromatic N) is 1. The first kappa shape index (κ1) is 9.85. The fourth-order valence-electron chi connectivity index (χ4n) is 0.477. The summed E-state index contributed by atoms with van der Waals surface area (Å²) in [5.74, 6) is -0.222. The quantitative estimate of drug-likeness (QED) is 0.255. The Bertz CT molecular complexity index is 161. The van der Waals surface area contributed by atoms with Crippen molar-refractivity contribution in [1.29, 1.82) is 0 Å². The third-order valence-corrected chi connectivity index (χ3v) is 1.03. The molecule has 0 heterocycles. The van der Waals surface area contributed by atoms with E-state index < -0.39 is 0 Å². The van der Waals surface area contributed by atoms with E-state index >= 15 is 0 Å². The van der Waals surface area contributed by atoms with E-state index in [-0.39, 0.29) is 5.97 Å². The molecule has 0 unspecified atom stereocenters. The lowest BCUT2D eigenvalue weighted by atomic mass is 10.4. The van der Waals surface area contributed by atoms with Crippen LogP contribution >= 0.6 is 0 Å². The van der Waals surface area contributed by atoms with Crippen molar-refractivity contribution in [1.82, 2.24) is 0 Å². The third kappa shape index (κ3) is 6.74. The van der Waals surface area contributed by atoms with Gasteiger partial charge in [-0.1, -0.05) is 6.92 Å². The van der Waals surface area contributed by atoms with E-state index in [1.807, 2.05) is 0 Å². The molecule has 0 saturated carbocycles. The van der Waals surface area contributed by atoms with Crippen LogP contribution in [0.1, 0.15) is 19.8 Å². The van der Waals surface area contributed by atoms with Crippen LogP contribution in [0.2, 0.25) is 0 Å². The second-order valence-electron chi connectivity index (χ2n) is 1.90. The molecule has 0 saturated heterocycles. The molecular formula is C7H11NO3. The highest BCUT2D eigenvalue weighted by Gasteiger charge is 1.95. The van der Waals surface area contributed by atoms with E-state index in [1.54, 1.807) is 6.92 Å². The van der Waals surface area contributed by atoms with Crippen LogP contribution in [0.25, 0.3) is 0 Å². The van der Waals surface area contributed by atoms with Crippen molar-refractivity contribution in [2.75, 3.05) is 13.2 Å². The number of rotatable bonds is 5. The summed E-state index contributed by atoms with van der Waals surface area (Å²) in [7, 11) is 0. The van der Waals surface area contributed by atoms with Crippen molar-refractivity contribution in [2.45, 2.75) is 19.8 Å². The number of isocyanates is 1. The van der Waals surface area contributed by atoms with E-state index in [0.29, 0.717) is 26.0 Å². The van der Waals surface area contributed by atoms with Crippen molar-refractivity contribution in [3.8, 4) is 0 Å². The molecule has 0 N–H and O–H groups in total. The first-order valence-electron chi connectivity index (χ1n) is 3.50. The largest absolute Gasteiger partial charge is 0.466 e. The number of ether oxygens (including phenoxy) is 1. The molecule has 0 aliphatic rings. The van der Waals surface area contributed by atoms with Gasteiger partial charge in [0, 0.05) is 12.8 Å². The van der Waals surface area contributed by atoms with Gasteiger partial charge < -0.3 is 4.74 Å². The molecule has 4 nitrogen and oxygen atoms in total. The highest BCUT2D eigenvalue weighted by Crippen LogP contribution is 1.87. The number of hydrogen-bond donors (Lipinski definition) is 0. The van der Waals surface area contributed by atoms with E-state index in [0.717, 1.165) is 0 Å². The molecule has 0 aliphatic carbocycles. The smallest absolute Gasteiger partial charge is 0.305 e. The molecule has 0 aromatic heterocycles. The van der Waals surface area contributed by atoms with Gasteiger partial charge in [-0.25, -0.2) is 9.79 Å². The zero-order chi connectivity index (χ0) is 8.53. The second-order valence-corrected chi connectivity index (χ2v) is 1.90. The van der Waals surface area contributed by atoms with Gasteiger partial charge in [-0.2, -0.15) is 0 Å². The van der Waals surface area contributed by atoms with Gasteiger partial charge in [0.15, 0.2) is 0 Å². The summed E-state index contributed by atoms with van der Waals surface area (Å²) in [6, 6.07) is 0. The van der Waals surface area contributed by atoms with E-state index in [4.69, 9.17) is 4.74 Å². The van der Waals surface area contributed by atoms with Crippen LogP contribution in [-0.2, 0) is 14.3 Å². The fraction of sp³-hybridized carbons (Fsp3) is 0.714. The summed E-state index contributed by atoms with van der Waals surface area (Å²) in [5, 5.41) is 0. The highest BCUT2D eigenvalue weighted by atomic mass is 16.5. The van der Waals surface area contributed by atoms with E-state index in [9.17, 15) is 9.59 Å². The maximum atomic E-state index is 10.5. The predicted octanol–water partition coefficient (Wildman–Crippen LogP) is 0.665. The highest BCUT2D eigenvalue weighted by molar-refractivity contribution is 5.68. The Kier molecular flexibility index (Phi) is 6.24. The van der Waals surface area contributed by atoms with Crippen LogP contribution in [0, 0.1) is 0 Å². The zero-order valence-electron chi connectivity index (χ0n) is 6.50. The van der Waals surface area contributed by atoms with Crippen LogP contribution < -0.4 is 0 Å². The van der Waals surface area contributed by atoms with Crippen LogP contribution in [0.15, 0.2) is 4.99 Å². The van der Waals surface area contributed by atoms with Gasteiger partial charge in [0.05, 0.1) is 13.2 Å². The summed E-state index contributed by atoms with van der Waals surface area (Å²) < 4.78 is 4.71. The maximum Gasteiger partial charge on any atom is 0.305 e. The number of hydrogen-bond acceptors (Lipinski definition) is 4. The molecule has 0 bridgehead atoms. The SMILES string of the molecule is CCC(=O)OCCCN=C=O. The topological polar surface area (TPSA) is 55.7 Å².